The van der Waals surface area contributed by atoms with Crippen LogP contribution in [0.2, 0.25) is 0 Å². The number of carbonyl (C=O) groups is 1. The van der Waals surface area contributed by atoms with Gasteiger partial charge in [-0.15, -0.1) is 0 Å². The van der Waals surface area contributed by atoms with E-state index in [1.807, 2.05) is 0 Å². The first-order chi connectivity index (χ1) is 5.45. The zero-order chi connectivity index (χ0) is 9.78. The maximum atomic E-state index is 11.0. The number of hydrogen-bond acceptors (Lipinski definition) is 3. The molecule has 12 heavy (non-hydrogen) atoms. The Morgan fingerprint density at radius 2 is 1.92 bits per heavy atom. The Morgan fingerprint density at radius 1 is 1.42 bits per heavy atom. The van der Waals surface area contributed by atoms with Gasteiger partial charge in [0.05, 0.1) is 18.8 Å². The van der Waals surface area contributed by atoms with Crippen molar-refractivity contribution in [3.63, 3.8) is 0 Å². The van der Waals surface area contributed by atoms with Gasteiger partial charge in [-0.05, 0) is 13.8 Å². The van der Waals surface area contributed by atoms with Gasteiger partial charge in [-0.25, -0.2) is 0 Å². The summed E-state index contributed by atoms with van der Waals surface area (Å²) in [5, 5.41) is 17.6. The second-order valence-corrected chi connectivity index (χ2v) is 3.36. The molecule has 0 aromatic carbocycles. The molecular weight excluding hydrogens is 158 g/mol. The number of aliphatic hydroxyl groups excluding tert-OH is 2. The van der Waals surface area contributed by atoms with E-state index in [1.165, 1.54) is 11.8 Å². The monoisotopic (exact) mass is 175 g/mol. The van der Waals surface area contributed by atoms with Gasteiger partial charge in [0.2, 0.25) is 5.91 Å². The molecule has 4 heteroatoms. The highest BCUT2D eigenvalue weighted by Gasteiger charge is 2.27. The predicted molar refractivity (Wildman–Crippen MR) is 45.6 cm³/mol. The van der Waals surface area contributed by atoms with E-state index in [0.717, 1.165) is 0 Å². The fourth-order valence-electron chi connectivity index (χ4n) is 1.07. The first-order valence-corrected chi connectivity index (χ1v) is 3.95. The van der Waals surface area contributed by atoms with Gasteiger partial charge in [-0.1, -0.05) is 0 Å². The van der Waals surface area contributed by atoms with E-state index in [1.54, 1.807) is 13.8 Å². The standard InChI is InChI=1S/C8H17NO3/c1-7(12)9(4-5-10)8(2,3)6-11/h10-11H,4-6H2,1-3H3. The summed E-state index contributed by atoms with van der Waals surface area (Å²) in [6.45, 7) is 5.01. The Morgan fingerprint density at radius 3 is 2.17 bits per heavy atom. The first kappa shape index (κ1) is 11.4. The largest absolute Gasteiger partial charge is 0.395 e. The SMILES string of the molecule is CC(=O)N(CCO)C(C)(C)CO. The van der Waals surface area contributed by atoms with Gasteiger partial charge >= 0.3 is 0 Å². The van der Waals surface area contributed by atoms with E-state index >= 15 is 0 Å². The minimum atomic E-state index is -0.589. The Kier molecular flexibility index (Phi) is 4.20. The molecule has 0 aliphatic carbocycles. The lowest BCUT2D eigenvalue weighted by molar-refractivity contribution is -0.136. The summed E-state index contributed by atoms with van der Waals surface area (Å²) in [6, 6.07) is 0. The first-order valence-electron chi connectivity index (χ1n) is 3.95. The minimum Gasteiger partial charge on any atom is -0.395 e. The second-order valence-electron chi connectivity index (χ2n) is 3.36. The molecule has 72 valence electrons. The van der Waals surface area contributed by atoms with Gasteiger partial charge in [0.25, 0.3) is 0 Å². The number of β-amino-alcohol motifs (C(OH)–C–C–N with tert-alkyl or cyclic N) is 1. The quantitative estimate of drug-likeness (QED) is 0.611. The summed E-state index contributed by atoms with van der Waals surface area (Å²) in [4.78, 5) is 12.5. The number of amides is 1. The third-order valence-corrected chi connectivity index (χ3v) is 1.82. The van der Waals surface area contributed by atoms with Crippen LogP contribution in [0, 0.1) is 0 Å². The van der Waals surface area contributed by atoms with E-state index < -0.39 is 5.54 Å². The average Bonchev–Trinajstić information content (AvgIpc) is 1.99. The Hall–Kier alpha value is -0.610. The van der Waals surface area contributed by atoms with Crippen molar-refractivity contribution >= 4 is 5.91 Å². The maximum Gasteiger partial charge on any atom is 0.220 e. The number of hydrogen-bond donors (Lipinski definition) is 2. The maximum absolute atomic E-state index is 11.0. The molecule has 2 N–H and O–H groups in total. The molecule has 0 heterocycles. The van der Waals surface area contributed by atoms with Crippen LogP contribution >= 0.6 is 0 Å². The van der Waals surface area contributed by atoms with Crippen LogP contribution in [-0.4, -0.2) is 46.3 Å². The topological polar surface area (TPSA) is 60.8 Å². The molecule has 0 aromatic heterocycles. The summed E-state index contributed by atoms with van der Waals surface area (Å²) >= 11 is 0. The molecule has 1 amide bonds. The lowest BCUT2D eigenvalue weighted by Gasteiger charge is -2.36. The molecular formula is C8H17NO3. The Labute approximate surface area is 72.8 Å². The molecule has 0 saturated heterocycles. The van der Waals surface area contributed by atoms with Crippen LogP contribution in [0.25, 0.3) is 0 Å². The lowest BCUT2D eigenvalue weighted by Crippen LogP contribution is -2.50. The summed E-state index contributed by atoms with van der Waals surface area (Å²) in [7, 11) is 0. The van der Waals surface area contributed by atoms with Crippen molar-refractivity contribution in [1.29, 1.82) is 0 Å². The molecule has 0 fully saturated rings. The second kappa shape index (κ2) is 4.42. The molecule has 0 rings (SSSR count). The third kappa shape index (κ3) is 2.79. The van der Waals surface area contributed by atoms with Crippen LogP contribution in [0.4, 0.5) is 0 Å². The normalized spacial score (nSPS) is 11.4. The van der Waals surface area contributed by atoms with E-state index in [0.29, 0.717) is 0 Å². The molecule has 0 aromatic rings. The van der Waals surface area contributed by atoms with E-state index in [9.17, 15) is 4.79 Å². The highest BCUT2D eigenvalue weighted by atomic mass is 16.3. The zero-order valence-corrected chi connectivity index (χ0v) is 7.87. The number of rotatable bonds is 4. The zero-order valence-electron chi connectivity index (χ0n) is 7.87. The van der Waals surface area contributed by atoms with Gasteiger partial charge < -0.3 is 15.1 Å². The summed E-state index contributed by atoms with van der Waals surface area (Å²) in [6.07, 6.45) is 0. The molecule has 0 unspecified atom stereocenters. The number of carbonyl (C=O) groups excluding carboxylic acids is 1. The van der Waals surface area contributed by atoms with Crippen molar-refractivity contribution in [2.45, 2.75) is 26.3 Å². The van der Waals surface area contributed by atoms with Gasteiger partial charge in [0.1, 0.15) is 0 Å². The molecule has 0 atom stereocenters. The van der Waals surface area contributed by atoms with Gasteiger partial charge in [-0.3, -0.25) is 4.79 Å². The smallest absolute Gasteiger partial charge is 0.220 e. The molecule has 0 bridgehead atoms. The molecule has 0 saturated carbocycles. The summed E-state index contributed by atoms with van der Waals surface area (Å²) in [5.41, 5.74) is -0.589. The van der Waals surface area contributed by atoms with Crippen LogP contribution in [0.5, 0.6) is 0 Å². The fourth-order valence-corrected chi connectivity index (χ4v) is 1.07. The van der Waals surface area contributed by atoms with Crippen molar-refractivity contribution in [3.8, 4) is 0 Å². The lowest BCUT2D eigenvalue weighted by atomic mass is 10.0. The molecule has 0 spiro atoms. The van der Waals surface area contributed by atoms with Crippen molar-refractivity contribution in [2.24, 2.45) is 0 Å². The van der Waals surface area contributed by atoms with Crippen LogP contribution in [-0.2, 0) is 4.79 Å². The third-order valence-electron chi connectivity index (χ3n) is 1.82. The van der Waals surface area contributed by atoms with E-state index in [-0.39, 0.29) is 25.7 Å². The molecule has 0 aliphatic heterocycles. The number of nitrogens with zero attached hydrogens (tertiary/aromatic N) is 1. The number of aliphatic hydroxyl groups is 2. The van der Waals surface area contributed by atoms with E-state index in [2.05, 4.69) is 0 Å². The van der Waals surface area contributed by atoms with E-state index in [4.69, 9.17) is 10.2 Å². The van der Waals surface area contributed by atoms with Crippen LogP contribution in [0.3, 0.4) is 0 Å². The Bertz CT molecular complexity index is 156. The van der Waals surface area contributed by atoms with Crippen LogP contribution < -0.4 is 0 Å². The Balaban J connectivity index is 4.38. The summed E-state index contributed by atoms with van der Waals surface area (Å²) < 4.78 is 0. The van der Waals surface area contributed by atoms with Crippen molar-refractivity contribution in [2.75, 3.05) is 19.8 Å². The van der Waals surface area contributed by atoms with Crippen molar-refractivity contribution in [3.05, 3.63) is 0 Å². The predicted octanol–water partition coefficient (Wildman–Crippen LogP) is -0.402. The van der Waals surface area contributed by atoms with Crippen LogP contribution in [0.15, 0.2) is 0 Å². The highest BCUT2D eigenvalue weighted by Crippen LogP contribution is 2.12. The van der Waals surface area contributed by atoms with Gasteiger partial charge in [-0.2, -0.15) is 0 Å². The molecule has 0 aliphatic rings. The minimum absolute atomic E-state index is 0.0803. The summed E-state index contributed by atoms with van der Waals surface area (Å²) in [5.74, 6) is -0.136. The van der Waals surface area contributed by atoms with Crippen LogP contribution in [0.1, 0.15) is 20.8 Å². The van der Waals surface area contributed by atoms with Crippen molar-refractivity contribution in [1.82, 2.24) is 4.90 Å². The van der Waals surface area contributed by atoms with Crippen molar-refractivity contribution < 1.29 is 15.0 Å². The molecule has 0 radical (unpaired) electrons. The molecule has 4 nitrogen and oxygen atoms in total. The average molecular weight is 175 g/mol. The van der Waals surface area contributed by atoms with Gasteiger partial charge in [0, 0.05) is 13.5 Å². The fraction of sp³-hybridized carbons (Fsp3) is 0.875. The van der Waals surface area contributed by atoms with Gasteiger partial charge in [0.15, 0.2) is 0 Å². The highest BCUT2D eigenvalue weighted by molar-refractivity contribution is 5.74.